The fraction of sp³-hybridized carbons (Fsp3) is 0.867. The zero-order valence-electron chi connectivity index (χ0n) is 17.5. The zero-order valence-corrected chi connectivity index (χ0v) is 17.5. The molecular formula is C15H12F18N2O2. The van der Waals surface area contributed by atoms with E-state index in [2.05, 4.69) is 0 Å². The van der Waals surface area contributed by atoms with Gasteiger partial charge in [-0.2, -0.15) is 79.0 Å². The Bertz CT molecular complexity index is 790. The van der Waals surface area contributed by atoms with Gasteiger partial charge in [0.2, 0.25) is 0 Å². The van der Waals surface area contributed by atoms with Crippen molar-refractivity contribution >= 4 is 11.8 Å². The van der Waals surface area contributed by atoms with Crippen molar-refractivity contribution in [2.24, 2.45) is 5.41 Å². The molecule has 0 aromatic rings. The van der Waals surface area contributed by atoms with Crippen LogP contribution in [-0.2, 0) is 9.59 Å². The van der Waals surface area contributed by atoms with Gasteiger partial charge in [-0.3, -0.25) is 9.59 Å². The highest BCUT2D eigenvalue weighted by Crippen LogP contribution is 2.54. The van der Waals surface area contributed by atoms with Gasteiger partial charge in [-0.1, -0.05) is 13.8 Å². The number of nitrogens with one attached hydrogen (secondary N) is 2. The van der Waals surface area contributed by atoms with Crippen molar-refractivity contribution in [2.75, 3.05) is 13.1 Å². The number of rotatable bonds is 10. The Labute approximate surface area is 192 Å². The number of carbonyl (C=O) groups is 2. The quantitative estimate of drug-likeness (QED) is 0.343. The van der Waals surface area contributed by atoms with Crippen molar-refractivity contribution in [1.29, 1.82) is 0 Å². The minimum absolute atomic E-state index is 0.578. The Balaban J connectivity index is 5.57. The van der Waals surface area contributed by atoms with Crippen LogP contribution in [0.25, 0.3) is 0 Å². The maximum atomic E-state index is 13.4. The van der Waals surface area contributed by atoms with E-state index in [0.717, 1.165) is 0 Å². The maximum absolute atomic E-state index is 13.4. The van der Waals surface area contributed by atoms with Gasteiger partial charge in [0.1, 0.15) is 0 Å². The standard InChI is InChI=1S/C15H12F18N2O2/c1-7(2,3-34-5(36)8(16,17)10(20,21)12(24,25)14(28,29)30)4-35-6(37)9(18,19)11(22,23)13(26,27)15(31,32)33/h3-4H2,1-2H3,(H,34,36)(H,35,37). The summed E-state index contributed by atoms with van der Waals surface area (Å²) in [5.74, 6) is -50.3. The van der Waals surface area contributed by atoms with Gasteiger partial charge in [0.15, 0.2) is 0 Å². The van der Waals surface area contributed by atoms with Gasteiger partial charge >= 0.3 is 47.9 Å². The van der Waals surface area contributed by atoms with E-state index >= 15 is 0 Å². The molecule has 2 amide bonds. The van der Waals surface area contributed by atoms with Crippen LogP contribution in [-0.4, -0.2) is 72.8 Å². The SMILES string of the molecule is CC(C)(CNC(=O)C(F)(F)C(F)(F)C(F)(F)C(F)(F)F)CNC(=O)C(F)(F)C(F)(F)C(F)(F)C(F)(F)F. The molecule has 2 N–H and O–H groups in total. The lowest BCUT2D eigenvalue weighted by Gasteiger charge is -2.34. The predicted molar refractivity (Wildman–Crippen MR) is 81.6 cm³/mol. The average molecular weight is 594 g/mol. The van der Waals surface area contributed by atoms with Crippen molar-refractivity contribution in [3.05, 3.63) is 0 Å². The van der Waals surface area contributed by atoms with Gasteiger partial charge in [0, 0.05) is 13.1 Å². The van der Waals surface area contributed by atoms with Crippen molar-refractivity contribution < 1.29 is 88.6 Å². The van der Waals surface area contributed by atoms with E-state index in [1.807, 2.05) is 0 Å². The van der Waals surface area contributed by atoms with Gasteiger partial charge in [-0.25, -0.2) is 0 Å². The first-order valence-corrected chi connectivity index (χ1v) is 8.72. The highest BCUT2D eigenvalue weighted by molar-refractivity contribution is 5.85. The smallest absolute Gasteiger partial charge is 0.350 e. The Morgan fingerprint density at radius 2 is 0.676 bits per heavy atom. The minimum atomic E-state index is -7.46. The van der Waals surface area contributed by atoms with Crippen LogP contribution in [0.4, 0.5) is 79.0 Å². The first-order chi connectivity index (χ1) is 15.8. The molecule has 0 saturated heterocycles. The Kier molecular flexibility index (Phi) is 8.86. The third kappa shape index (κ3) is 5.90. The molecule has 0 spiro atoms. The molecule has 220 valence electrons. The Morgan fingerprint density at radius 3 is 0.865 bits per heavy atom. The molecule has 0 bridgehead atoms. The molecule has 4 nitrogen and oxygen atoms in total. The van der Waals surface area contributed by atoms with E-state index in [-0.39, 0.29) is 0 Å². The van der Waals surface area contributed by atoms with E-state index in [1.54, 1.807) is 0 Å². The summed E-state index contributed by atoms with van der Waals surface area (Å²) in [6.07, 6.45) is -14.6. The summed E-state index contributed by atoms with van der Waals surface area (Å²) in [5.41, 5.74) is -2.26. The fourth-order valence-electron chi connectivity index (χ4n) is 1.96. The largest absolute Gasteiger partial charge is 0.460 e. The van der Waals surface area contributed by atoms with Gasteiger partial charge < -0.3 is 10.6 Å². The summed E-state index contributed by atoms with van der Waals surface area (Å²) in [7, 11) is 0. The lowest BCUT2D eigenvalue weighted by Crippen LogP contribution is -2.66. The van der Waals surface area contributed by atoms with E-state index in [0.29, 0.717) is 24.5 Å². The number of amides is 2. The molecule has 0 fully saturated rings. The predicted octanol–water partition coefficient (Wildman–Crippen LogP) is 5.18. The maximum Gasteiger partial charge on any atom is 0.460 e. The molecular weight excluding hydrogens is 582 g/mol. The molecule has 0 aliphatic rings. The zero-order chi connectivity index (χ0) is 30.5. The Morgan fingerprint density at radius 1 is 0.459 bits per heavy atom. The lowest BCUT2D eigenvalue weighted by atomic mass is 9.92. The van der Waals surface area contributed by atoms with E-state index in [9.17, 15) is 88.6 Å². The van der Waals surface area contributed by atoms with Crippen LogP contribution in [0.2, 0.25) is 0 Å². The summed E-state index contributed by atoms with van der Waals surface area (Å²) in [6.45, 7) is -2.05. The van der Waals surface area contributed by atoms with Crippen LogP contribution in [0.15, 0.2) is 0 Å². The fourth-order valence-corrected chi connectivity index (χ4v) is 1.96. The van der Waals surface area contributed by atoms with Crippen molar-refractivity contribution in [3.63, 3.8) is 0 Å². The summed E-state index contributed by atoms with van der Waals surface area (Å²) >= 11 is 0. The van der Waals surface area contributed by atoms with Crippen molar-refractivity contribution in [3.8, 4) is 0 Å². The van der Waals surface area contributed by atoms with Crippen LogP contribution in [0.1, 0.15) is 13.8 Å². The first kappa shape index (κ1) is 34.7. The summed E-state index contributed by atoms with van der Waals surface area (Å²) < 4.78 is 230. The van der Waals surface area contributed by atoms with Crippen LogP contribution in [0, 0.1) is 5.41 Å². The monoisotopic (exact) mass is 594 g/mol. The third-order valence-corrected chi connectivity index (χ3v) is 4.31. The van der Waals surface area contributed by atoms with Gasteiger partial charge in [-0.15, -0.1) is 0 Å². The molecule has 0 aliphatic heterocycles. The van der Waals surface area contributed by atoms with Gasteiger partial charge in [-0.05, 0) is 5.41 Å². The molecule has 0 atom stereocenters. The van der Waals surface area contributed by atoms with Crippen LogP contribution < -0.4 is 10.6 Å². The summed E-state index contributed by atoms with van der Waals surface area (Å²) in [4.78, 5) is 22.5. The second-order valence-electron chi connectivity index (χ2n) is 7.97. The van der Waals surface area contributed by atoms with E-state index < -0.39 is 78.2 Å². The summed E-state index contributed by atoms with van der Waals surface area (Å²) in [5, 5.41) is 1.41. The van der Waals surface area contributed by atoms with Crippen LogP contribution in [0.3, 0.4) is 0 Å². The first-order valence-electron chi connectivity index (χ1n) is 8.72. The number of hydrogen-bond donors (Lipinski definition) is 2. The second kappa shape index (κ2) is 9.45. The minimum Gasteiger partial charge on any atom is -0.350 e. The molecule has 0 unspecified atom stereocenters. The van der Waals surface area contributed by atoms with Crippen molar-refractivity contribution in [2.45, 2.75) is 61.7 Å². The summed E-state index contributed by atoms with van der Waals surface area (Å²) in [6, 6.07) is 0. The molecule has 0 radical (unpaired) electrons. The highest BCUT2D eigenvalue weighted by Gasteiger charge is 2.85. The molecule has 0 heterocycles. The highest BCUT2D eigenvalue weighted by atomic mass is 19.4. The number of hydrogen-bond acceptors (Lipinski definition) is 2. The lowest BCUT2D eigenvalue weighted by molar-refractivity contribution is -0.388. The molecule has 0 saturated carbocycles. The molecule has 22 heteroatoms. The number of carbonyl (C=O) groups excluding carboxylic acids is 2. The molecule has 0 aromatic heterocycles. The van der Waals surface area contributed by atoms with Gasteiger partial charge in [0.25, 0.3) is 11.8 Å². The van der Waals surface area contributed by atoms with Crippen molar-refractivity contribution in [1.82, 2.24) is 10.6 Å². The second-order valence-corrected chi connectivity index (χ2v) is 7.97. The topological polar surface area (TPSA) is 58.2 Å². The average Bonchev–Trinajstić information content (AvgIpc) is 2.67. The molecule has 0 aliphatic carbocycles. The number of alkyl halides is 18. The molecule has 0 aromatic carbocycles. The van der Waals surface area contributed by atoms with E-state index in [4.69, 9.17) is 0 Å². The van der Waals surface area contributed by atoms with Crippen LogP contribution >= 0.6 is 0 Å². The third-order valence-electron chi connectivity index (χ3n) is 4.31. The van der Waals surface area contributed by atoms with Gasteiger partial charge in [0.05, 0.1) is 0 Å². The number of halogens is 18. The Hall–Kier alpha value is -2.32. The van der Waals surface area contributed by atoms with Crippen LogP contribution in [0.5, 0.6) is 0 Å². The normalized spacial score (nSPS) is 15.5. The molecule has 0 rings (SSSR count). The van der Waals surface area contributed by atoms with E-state index in [1.165, 1.54) is 0 Å². The molecule has 37 heavy (non-hydrogen) atoms.